The lowest BCUT2D eigenvalue weighted by Gasteiger charge is -2.11. The molecule has 3 N–H and O–H groups in total. The van der Waals surface area contributed by atoms with Crippen LogP contribution in [0.5, 0.6) is 0 Å². The molecule has 0 aliphatic carbocycles. The van der Waals surface area contributed by atoms with E-state index < -0.39 is 5.72 Å². The van der Waals surface area contributed by atoms with Crippen LogP contribution in [0.1, 0.15) is 11.9 Å². The number of thiazole rings is 1. The molecule has 0 saturated heterocycles. The maximum Gasteiger partial charge on any atom is 0.163 e. The molecule has 50 valence electrons. The molecule has 1 atom stereocenters. The summed E-state index contributed by atoms with van der Waals surface area (Å²) in [5.41, 5.74) is 4.04. The van der Waals surface area contributed by atoms with Gasteiger partial charge < -0.3 is 5.11 Å². The first-order chi connectivity index (χ1) is 4.11. The smallest absolute Gasteiger partial charge is 0.163 e. The second-order valence-corrected chi connectivity index (χ2v) is 2.88. The molecule has 0 fully saturated rings. The van der Waals surface area contributed by atoms with Crippen molar-refractivity contribution in [3.8, 4) is 0 Å². The van der Waals surface area contributed by atoms with Crippen molar-refractivity contribution in [2.75, 3.05) is 0 Å². The average Bonchev–Trinajstić information content (AvgIpc) is 2.08. The first-order valence-corrected chi connectivity index (χ1v) is 3.40. The fourth-order valence-corrected chi connectivity index (χ4v) is 1.08. The van der Waals surface area contributed by atoms with Gasteiger partial charge in [-0.2, -0.15) is 0 Å². The number of hydrogen-bond donors (Lipinski definition) is 2. The van der Waals surface area contributed by atoms with Gasteiger partial charge in [-0.15, -0.1) is 11.3 Å². The van der Waals surface area contributed by atoms with Crippen molar-refractivity contribution in [3.63, 3.8) is 0 Å². The standard InChI is InChI=1S/C5H8N2OS/c1-5(6,8)4-7-2-3-9-4/h2-3,8H,6H2,1H3. The normalized spacial score (nSPS) is 17.2. The molecule has 0 aromatic carbocycles. The molecule has 1 heterocycles. The summed E-state index contributed by atoms with van der Waals surface area (Å²) in [6.45, 7) is 1.51. The van der Waals surface area contributed by atoms with Crippen LogP contribution in [-0.2, 0) is 5.72 Å². The first kappa shape index (κ1) is 6.67. The van der Waals surface area contributed by atoms with Gasteiger partial charge in [-0.3, -0.25) is 5.73 Å². The van der Waals surface area contributed by atoms with Gasteiger partial charge in [-0.1, -0.05) is 0 Å². The summed E-state index contributed by atoms with van der Waals surface area (Å²) in [6.07, 6.45) is 1.61. The summed E-state index contributed by atoms with van der Waals surface area (Å²) in [7, 11) is 0. The van der Waals surface area contributed by atoms with Crippen molar-refractivity contribution in [3.05, 3.63) is 16.6 Å². The number of nitrogens with two attached hydrogens (primary N) is 1. The molecule has 0 amide bonds. The summed E-state index contributed by atoms with van der Waals surface area (Å²) in [6, 6.07) is 0. The van der Waals surface area contributed by atoms with Crippen molar-refractivity contribution < 1.29 is 5.11 Å². The fraction of sp³-hybridized carbons (Fsp3) is 0.400. The molecule has 0 spiro atoms. The quantitative estimate of drug-likeness (QED) is 0.556. The minimum atomic E-state index is -1.27. The Kier molecular flexibility index (Phi) is 1.52. The summed E-state index contributed by atoms with van der Waals surface area (Å²) in [5.74, 6) is 0. The summed E-state index contributed by atoms with van der Waals surface area (Å²) in [4.78, 5) is 3.83. The lowest BCUT2D eigenvalue weighted by atomic mass is 10.3. The predicted octanol–water partition coefficient (Wildman–Crippen LogP) is 0.267. The number of aromatic nitrogens is 1. The third kappa shape index (κ3) is 1.48. The molecule has 0 bridgehead atoms. The summed E-state index contributed by atoms with van der Waals surface area (Å²) < 4.78 is 0. The van der Waals surface area contributed by atoms with Crippen molar-refractivity contribution >= 4 is 11.3 Å². The van der Waals surface area contributed by atoms with Gasteiger partial charge in [0.2, 0.25) is 0 Å². The highest BCUT2D eigenvalue weighted by atomic mass is 32.1. The van der Waals surface area contributed by atoms with Crippen LogP contribution in [0.2, 0.25) is 0 Å². The molecule has 0 aliphatic rings. The van der Waals surface area contributed by atoms with Gasteiger partial charge in [0.05, 0.1) is 0 Å². The molecule has 0 aliphatic heterocycles. The molecular weight excluding hydrogens is 136 g/mol. The Balaban J connectivity index is 2.90. The molecule has 1 unspecified atom stereocenters. The molecule has 4 heteroatoms. The van der Waals surface area contributed by atoms with Gasteiger partial charge in [0.25, 0.3) is 0 Å². The van der Waals surface area contributed by atoms with Gasteiger partial charge >= 0.3 is 0 Å². The van der Waals surface area contributed by atoms with E-state index in [2.05, 4.69) is 4.98 Å². The minimum absolute atomic E-state index is 0.544. The summed E-state index contributed by atoms with van der Waals surface area (Å²) >= 11 is 1.34. The van der Waals surface area contributed by atoms with Crippen molar-refractivity contribution in [2.45, 2.75) is 12.6 Å². The predicted molar refractivity (Wildman–Crippen MR) is 35.9 cm³/mol. The average molecular weight is 144 g/mol. The highest BCUT2D eigenvalue weighted by Crippen LogP contribution is 2.15. The third-order valence-corrected chi connectivity index (χ3v) is 1.87. The van der Waals surface area contributed by atoms with E-state index in [0.717, 1.165) is 0 Å². The highest BCUT2D eigenvalue weighted by Gasteiger charge is 2.18. The molecule has 0 radical (unpaired) electrons. The van der Waals surface area contributed by atoms with E-state index in [-0.39, 0.29) is 0 Å². The monoisotopic (exact) mass is 144 g/mol. The van der Waals surface area contributed by atoms with E-state index in [1.165, 1.54) is 18.3 Å². The van der Waals surface area contributed by atoms with Gasteiger partial charge in [-0.25, -0.2) is 4.98 Å². The zero-order valence-electron chi connectivity index (χ0n) is 5.03. The topological polar surface area (TPSA) is 59.1 Å². The van der Waals surface area contributed by atoms with Gasteiger partial charge in [0, 0.05) is 11.6 Å². The maximum atomic E-state index is 9.10. The SMILES string of the molecule is CC(N)(O)c1nccs1. The van der Waals surface area contributed by atoms with E-state index in [0.29, 0.717) is 5.01 Å². The van der Waals surface area contributed by atoms with Gasteiger partial charge in [0.15, 0.2) is 5.72 Å². The number of hydrogen-bond acceptors (Lipinski definition) is 4. The van der Waals surface area contributed by atoms with Crippen molar-refractivity contribution in [2.24, 2.45) is 5.73 Å². The first-order valence-electron chi connectivity index (χ1n) is 2.52. The fourth-order valence-electron chi connectivity index (χ4n) is 0.473. The van der Waals surface area contributed by atoms with Gasteiger partial charge in [0.1, 0.15) is 5.01 Å². The zero-order valence-corrected chi connectivity index (χ0v) is 5.85. The van der Waals surface area contributed by atoms with Gasteiger partial charge in [-0.05, 0) is 6.92 Å². The second-order valence-electron chi connectivity index (χ2n) is 1.98. The van der Waals surface area contributed by atoms with Crippen LogP contribution in [0.15, 0.2) is 11.6 Å². The van der Waals surface area contributed by atoms with Crippen molar-refractivity contribution in [1.29, 1.82) is 0 Å². The molecule has 1 aromatic heterocycles. The van der Waals surface area contributed by atoms with E-state index in [1.807, 2.05) is 0 Å². The van der Waals surface area contributed by atoms with E-state index >= 15 is 0 Å². The van der Waals surface area contributed by atoms with Crippen LogP contribution in [-0.4, -0.2) is 10.1 Å². The van der Waals surface area contributed by atoms with Crippen LogP contribution in [0.3, 0.4) is 0 Å². The Hall–Kier alpha value is -0.450. The van der Waals surface area contributed by atoms with Crippen LogP contribution >= 0.6 is 11.3 Å². The van der Waals surface area contributed by atoms with Crippen LogP contribution < -0.4 is 5.73 Å². The van der Waals surface area contributed by atoms with Crippen LogP contribution in [0, 0.1) is 0 Å². The summed E-state index contributed by atoms with van der Waals surface area (Å²) in [5, 5.41) is 11.4. The Morgan fingerprint density at radius 2 is 2.56 bits per heavy atom. The highest BCUT2D eigenvalue weighted by molar-refractivity contribution is 7.09. The molecule has 3 nitrogen and oxygen atoms in total. The molecular formula is C5H8N2OS. The number of rotatable bonds is 1. The number of nitrogens with zero attached hydrogens (tertiary/aromatic N) is 1. The zero-order chi connectivity index (χ0) is 6.91. The Labute approximate surface area is 57.2 Å². The molecule has 1 rings (SSSR count). The Bertz CT molecular complexity index is 177. The van der Waals surface area contributed by atoms with E-state index in [1.54, 1.807) is 11.6 Å². The minimum Gasteiger partial charge on any atom is -0.370 e. The lowest BCUT2D eigenvalue weighted by molar-refractivity contribution is 0.0644. The van der Waals surface area contributed by atoms with Crippen molar-refractivity contribution in [1.82, 2.24) is 4.98 Å². The Morgan fingerprint density at radius 3 is 2.78 bits per heavy atom. The largest absolute Gasteiger partial charge is 0.370 e. The third-order valence-electron chi connectivity index (χ3n) is 0.865. The maximum absolute atomic E-state index is 9.10. The molecule has 0 saturated carbocycles. The molecule has 1 aromatic rings. The lowest BCUT2D eigenvalue weighted by Crippen LogP contribution is -2.31. The van der Waals surface area contributed by atoms with E-state index in [9.17, 15) is 0 Å². The molecule has 9 heavy (non-hydrogen) atoms. The van der Waals surface area contributed by atoms with Crippen LogP contribution in [0.4, 0.5) is 0 Å². The Morgan fingerprint density at radius 1 is 1.89 bits per heavy atom. The number of aliphatic hydroxyl groups is 1. The van der Waals surface area contributed by atoms with E-state index in [4.69, 9.17) is 10.8 Å². The second kappa shape index (κ2) is 2.06. The van der Waals surface area contributed by atoms with Crippen LogP contribution in [0.25, 0.3) is 0 Å².